The van der Waals surface area contributed by atoms with E-state index in [9.17, 15) is 33.6 Å². The van der Waals surface area contributed by atoms with Crippen LogP contribution < -0.4 is 26.6 Å². The fourth-order valence-electron chi connectivity index (χ4n) is 6.05. The van der Waals surface area contributed by atoms with Crippen LogP contribution in [-0.4, -0.2) is 157 Å². The standard InChI is InChI=1S/C45H83N5O14/c1-37(51)34-62-31-28-59-25-22-46-41(53)35-63-32-29-60-26-23-47-42(54)36-64-33-30-61-27-24-48-44(57)38(2)50-45(58)39(3)49-40(52)20-18-16-14-12-10-8-6-4-5-7-9-11-13-15-17-19-21-43(55)56/h38-39H,4-36H2,1-3H3,(H,46,53)(H,47,54)(H,48,57)(H,49,52)(H,50,58)(H,55,56)/t38-,39?/m0/s1. The van der Waals surface area contributed by atoms with Crippen molar-refractivity contribution in [1.82, 2.24) is 26.6 Å². The first-order valence-corrected chi connectivity index (χ1v) is 23.5. The van der Waals surface area contributed by atoms with Gasteiger partial charge in [-0.05, 0) is 33.6 Å². The van der Waals surface area contributed by atoms with Gasteiger partial charge >= 0.3 is 5.97 Å². The predicted molar refractivity (Wildman–Crippen MR) is 241 cm³/mol. The number of hydrogen-bond acceptors (Lipinski definition) is 13. The maximum absolute atomic E-state index is 12.6. The van der Waals surface area contributed by atoms with Crippen LogP contribution >= 0.6 is 0 Å². The highest BCUT2D eigenvalue weighted by molar-refractivity contribution is 5.91. The van der Waals surface area contributed by atoms with Crippen LogP contribution in [0.25, 0.3) is 0 Å². The third kappa shape index (κ3) is 43.5. The van der Waals surface area contributed by atoms with Crippen LogP contribution in [0.3, 0.4) is 0 Å². The molecular formula is C45H83N5O14. The molecule has 0 spiro atoms. The van der Waals surface area contributed by atoms with E-state index in [1.165, 1.54) is 64.7 Å². The van der Waals surface area contributed by atoms with Crippen molar-refractivity contribution in [2.24, 2.45) is 0 Å². The van der Waals surface area contributed by atoms with Crippen LogP contribution in [-0.2, 0) is 62.0 Å². The van der Waals surface area contributed by atoms with Gasteiger partial charge in [0.2, 0.25) is 29.5 Å². The fraction of sp³-hybridized carbons (Fsp3) is 0.844. The summed E-state index contributed by atoms with van der Waals surface area (Å²) < 4.78 is 31.7. The molecule has 0 bridgehead atoms. The Morgan fingerprint density at radius 3 is 1.14 bits per heavy atom. The summed E-state index contributed by atoms with van der Waals surface area (Å²) in [6.45, 7) is 7.45. The number of ether oxygens (including phenoxy) is 6. The molecule has 0 rings (SSSR count). The van der Waals surface area contributed by atoms with Crippen LogP contribution in [0.1, 0.15) is 136 Å². The lowest BCUT2D eigenvalue weighted by Gasteiger charge is -2.18. The van der Waals surface area contributed by atoms with Gasteiger partial charge in [0.15, 0.2) is 5.78 Å². The number of carbonyl (C=O) groups excluding carboxylic acids is 6. The third-order valence-electron chi connectivity index (χ3n) is 9.64. The molecule has 0 saturated carbocycles. The SMILES string of the molecule is CC(=O)COCCOCCNC(=O)COCCOCCNC(=O)COCCOCCNC(=O)[C@H](C)NC(=O)C(C)NC(=O)CCCCCCCCCCCCCCCCCCC(=O)O. The molecule has 0 heterocycles. The van der Waals surface area contributed by atoms with Crippen LogP contribution in [0, 0.1) is 0 Å². The van der Waals surface area contributed by atoms with Crippen molar-refractivity contribution in [2.75, 3.05) is 98.9 Å². The third-order valence-corrected chi connectivity index (χ3v) is 9.64. The van der Waals surface area contributed by atoms with Crippen molar-refractivity contribution in [3.05, 3.63) is 0 Å². The molecule has 0 aromatic carbocycles. The number of amides is 5. The maximum Gasteiger partial charge on any atom is 0.303 e. The molecule has 372 valence electrons. The number of rotatable bonds is 47. The summed E-state index contributed by atoms with van der Waals surface area (Å²) in [5.74, 6) is -2.37. The highest BCUT2D eigenvalue weighted by atomic mass is 16.5. The number of hydrogen-bond donors (Lipinski definition) is 6. The zero-order chi connectivity index (χ0) is 47.3. The lowest BCUT2D eigenvalue weighted by Crippen LogP contribution is -2.51. The Morgan fingerprint density at radius 1 is 0.391 bits per heavy atom. The highest BCUT2D eigenvalue weighted by Crippen LogP contribution is 2.14. The van der Waals surface area contributed by atoms with E-state index in [1.54, 1.807) is 13.8 Å². The number of carboxylic acids is 1. The molecular weight excluding hydrogens is 835 g/mol. The fourth-order valence-corrected chi connectivity index (χ4v) is 6.05. The Kier molecular flexibility index (Phi) is 41.8. The van der Waals surface area contributed by atoms with E-state index in [1.807, 2.05) is 0 Å². The van der Waals surface area contributed by atoms with Crippen LogP contribution in [0.5, 0.6) is 0 Å². The highest BCUT2D eigenvalue weighted by Gasteiger charge is 2.20. The largest absolute Gasteiger partial charge is 0.481 e. The van der Waals surface area contributed by atoms with Crippen LogP contribution in [0.15, 0.2) is 0 Å². The minimum atomic E-state index is -0.805. The summed E-state index contributed by atoms with van der Waals surface area (Å²) in [4.78, 5) is 82.3. The second kappa shape index (κ2) is 44.5. The zero-order valence-electron chi connectivity index (χ0n) is 39.2. The Balaban J connectivity index is 3.62. The summed E-state index contributed by atoms with van der Waals surface area (Å²) in [5.41, 5.74) is 0. The molecule has 0 aliphatic heterocycles. The van der Waals surface area contributed by atoms with Crippen molar-refractivity contribution >= 4 is 41.3 Å². The van der Waals surface area contributed by atoms with Gasteiger partial charge in [0.05, 0.1) is 59.5 Å². The Labute approximate surface area is 381 Å². The summed E-state index contributed by atoms with van der Waals surface area (Å²) >= 11 is 0. The minimum Gasteiger partial charge on any atom is -0.481 e. The normalized spacial score (nSPS) is 12.0. The topological polar surface area (TPSA) is 255 Å². The first kappa shape index (κ1) is 60.2. The van der Waals surface area contributed by atoms with Crippen molar-refractivity contribution < 1.29 is 67.1 Å². The number of nitrogens with one attached hydrogen (secondary N) is 5. The summed E-state index contributed by atoms with van der Waals surface area (Å²) in [7, 11) is 0. The lowest BCUT2D eigenvalue weighted by molar-refractivity contribution is -0.137. The molecule has 0 aromatic heterocycles. The van der Waals surface area contributed by atoms with Crippen molar-refractivity contribution in [2.45, 2.75) is 148 Å². The van der Waals surface area contributed by atoms with Gasteiger partial charge in [-0.25, -0.2) is 0 Å². The average Bonchev–Trinajstić information content (AvgIpc) is 3.25. The Bertz CT molecular complexity index is 1240. The van der Waals surface area contributed by atoms with Crippen LogP contribution in [0.4, 0.5) is 0 Å². The molecule has 0 aliphatic carbocycles. The van der Waals surface area contributed by atoms with Crippen molar-refractivity contribution in [3.63, 3.8) is 0 Å². The second-order valence-electron chi connectivity index (χ2n) is 15.8. The average molecular weight is 918 g/mol. The summed E-state index contributed by atoms with van der Waals surface area (Å²) in [6, 6.07) is -1.58. The van der Waals surface area contributed by atoms with E-state index < -0.39 is 24.0 Å². The molecule has 19 heteroatoms. The molecule has 2 atom stereocenters. The minimum absolute atomic E-state index is 0.0527. The van der Waals surface area contributed by atoms with Gasteiger partial charge in [-0.2, -0.15) is 0 Å². The first-order chi connectivity index (χ1) is 30.9. The molecule has 0 aliphatic rings. The number of unbranched alkanes of at least 4 members (excludes halogenated alkanes) is 15. The van der Waals surface area contributed by atoms with Crippen molar-refractivity contribution in [1.29, 1.82) is 0 Å². The molecule has 0 saturated heterocycles. The molecule has 0 fully saturated rings. The Hall–Kier alpha value is -3.75. The first-order valence-electron chi connectivity index (χ1n) is 23.5. The van der Waals surface area contributed by atoms with Crippen molar-refractivity contribution in [3.8, 4) is 0 Å². The van der Waals surface area contributed by atoms with E-state index in [4.69, 9.17) is 33.5 Å². The molecule has 0 radical (unpaired) electrons. The summed E-state index contributed by atoms with van der Waals surface area (Å²) in [6.07, 6.45) is 18.9. The number of carboxylic acid groups (broad SMARTS) is 1. The molecule has 64 heavy (non-hydrogen) atoms. The van der Waals surface area contributed by atoms with E-state index in [0.717, 1.165) is 44.9 Å². The van der Waals surface area contributed by atoms with Gasteiger partial charge in [-0.1, -0.05) is 89.9 Å². The summed E-state index contributed by atoms with van der Waals surface area (Å²) in [5, 5.41) is 22.0. The van der Waals surface area contributed by atoms with Crippen LogP contribution in [0.2, 0.25) is 0 Å². The lowest BCUT2D eigenvalue weighted by atomic mass is 10.0. The van der Waals surface area contributed by atoms with E-state index >= 15 is 0 Å². The molecule has 5 amide bonds. The van der Waals surface area contributed by atoms with Gasteiger partial charge in [0, 0.05) is 32.5 Å². The van der Waals surface area contributed by atoms with E-state index in [-0.39, 0.29) is 108 Å². The quantitative estimate of drug-likeness (QED) is 0.0480. The molecule has 0 aromatic rings. The van der Waals surface area contributed by atoms with Gasteiger partial charge in [-0.15, -0.1) is 0 Å². The Morgan fingerprint density at radius 2 is 0.734 bits per heavy atom. The molecule has 6 N–H and O–H groups in total. The van der Waals surface area contributed by atoms with Gasteiger partial charge in [0.25, 0.3) is 0 Å². The number of Topliss-reactive ketones (excluding diaryl/α,β-unsaturated/α-hetero) is 1. The zero-order valence-corrected chi connectivity index (χ0v) is 39.2. The number of aliphatic carboxylic acids is 1. The monoisotopic (exact) mass is 918 g/mol. The maximum atomic E-state index is 12.6. The smallest absolute Gasteiger partial charge is 0.303 e. The number of ketones is 1. The molecule has 1 unspecified atom stereocenters. The van der Waals surface area contributed by atoms with Gasteiger partial charge in [0.1, 0.15) is 31.9 Å². The molecule has 19 nitrogen and oxygen atoms in total. The van der Waals surface area contributed by atoms with E-state index in [2.05, 4.69) is 26.6 Å². The predicted octanol–water partition coefficient (Wildman–Crippen LogP) is 3.14. The number of carbonyl (C=O) groups is 7. The second-order valence-corrected chi connectivity index (χ2v) is 15.8. The van der Waals surface area contributed by atoms with E-state index in [0.29, 0.717) is 32.8 Å². The van der Waals surface area contributed by atoms with Gasteiger partial charge < -0.3 is 60.1 Å². The van der Waals surface area contributed by atoms with Gasteiger partial charge in [-0.3, -0.25) is 33.6 Å².